The Morgan fingerprint density at radius 3 is 0.941 bits per heavy atom. The van der Waals surface area contributed by atoms with Crippen LogP contribution in [0.3, 0.4) is 0 Å². The van der Waals surface area contributed by atoms with Gasteiger partial charge in [-0.2, -0.15) is 0 Å². The van der Waals surface area contributed by atoms with Gasteiger partial charge in [0.1, 0.15) is 0 Å². The molecule has 0 aromatic heterocycles. The third-order valence-electron chi connectivity index (χ3n) is 1.75. The van der Waals surface area contributed by atoms with Crippen LogP contribution >= 0.6 is 0 Å². The van der Waals surface area contributed by atoms with Crippen molar-refractivity contribution in [2.45, 2.75) is 32.1 Å². The molecular formula is C11H19FeO5-. The van der Waals surface area contributed by atoms with E-state index in [9.17, 15) is 0 Å². The molecule has 0 heterocycles. The molecule has 6 heteroatoms. The fraction of sp³-hybridized carbons (Fsp3) is 0.727. The maximum Gasteiger partial charge on any atom is 0 e. The van der Waals surface area contributed by atoms with Crippen LogP contribution in [-0.2, 0) is 40.6 Å². The molecule has 0 aromatic rings. The molecule has 5 nitrogen and oxygen atoms in total. The Hall–Kier alpha value is -0.121. The van der Waals surface area contributed by atoms with Gasteiger partial charge in [0.05, 0.1) is 0 Å². The molecule has 0 spiro atoms. The molecule has 0 aromatic carbocycles. The van der Waals surface area contributed by atoms with Crippen molar-refractivity contribution in [1.82, 2.24) is 0 Å². The van der Waals surface area contributed by atoms with Gasteiger partial charge < -0.3 is 14.2 Å². The summed E-state index contributed by atoms with van der Waals surface area (Å²) in [4.78, 5) is 0. The van der Waals surface area contributed by atoms with Gasteiger partial charge in [-0.15, -0.1) is 0 Å². The van der Waals surface area contributed by atoms with Gasteiger partial charge in [0, 0.05) is 44.9 Å². The molecule has 1 aliphatic carbocycles. The summed E-state index contributed by atoms with van der Waals surface area (Å²) in [7, 11) is 4.42. The van der Waals surface area contributed by atoms with Crippen LogP contribution < -0.4 is 0 Å². The predicted molar refractivity (Wildman–Crippen MR) is 55.2 cm³/mol. The maximum absolute atomic E-state index is 7.50. The maximum atomic E-state index is 7.50. The molecule has 1 saturated carbocycles. The van der Waals surface area contributed by atoms with Gasteiger partial charge in [-0.25, -0.2) is 0 Å². The number of methoxy groups -OCH3 is 3. The van der Waals surface area contributed by atoms with Crippen molar-refractivity contribution >= 4 is 0 Å². The Balaban J connectivity index is -0.0000000747. The van der Waals surface area contributed by atoms with E-state index in [1.54, 1.807) is 0 Å². The second-order valence-electron chi connectivity index (χ2n) is 2.63. The first-order valence-electron chi connectivity index (χ1n) is 4.75. The van der Waals surface area contributed by atoms with Crippen LogP contribution in [0.25, 0.3) is 0 Å². The zero-order chi connectivity index (χ0) is 13.2. The third kappa shape index (κ3) is 25.8. The van der Waals surface area contributed by atoms with Crippen molar-refractivity contribution in [3.63, 3.8) is 0 Å². The van der Waals surface area contributed by atoms with Crippen LogP contribution in [-0.4, -0.2) is 21.3 Å². The molecular weight excluding hydrogens is 268 g/mol. The molecule has 0 amide bonds. The van der Waals surface area contributed by atoms with Crippen LogP contribution in [0.15, 0.2) is 0 Å². The summed E-state index contributed by atoms with van der Waals surface area (Å²) >= 11 is 0. The van der Waals surface area contributed by atoms with E-state index in [0.29, 0.717) is 0 Å². The van der Waals surface area contributed by atoms with E-state index >= 15 is 0 Å². The monoisotopic (exact) mass is 287 g/mol. The molecule has 1 rings (SSSR count). The molecule has 0 bridgehead atoms. The van der Waals surface area contributed by atoms with Crippen LogP contribution in [0.5, 0.6) is 0 Å². The second kappa shape index (κ2) is 29.7. The number of ether oxygens (including phenoxy) is 3. The fourth-order valence-corrected chi connectivity index (χ4v) is 1.13. The summed E-state index contributed by atoms with van der Waals surface area (Å²) < 4.78 is 28.6. The molecule has 102 valence electrons. The quantitative estimate of drug-likeness (QED) is 0.454. The van der Waals surface area contributed by atoms with E-state index in [-0.39, 0.29) is 23.5 Å². The zero-order valence-electron chi connectivity index (χ0n) is 10.4. The summed E-state index contributed by atoms with van der Waals surface area (Å²) in [5.74, 6) is 0. The van der Waals surface area contributed by atoms with E-state index in [4.69, 9.17) is 9.30 Å². The van der Waals surface area contributed by atoms with E-state index in [1.165, 1.54) is 53.4 Å². The van der Waals surface area contributed by atoms with E-state index in [2.05, 4.69) is 27.5 Å². The van der Waals surface area contributed by atoms with Gasteiger partial charge in [-0.3, -0.25) is 0 Å². The van der Waals surface area contributed by atoms with Crippen molar-refractivity contribution < 1.29 is 40.6 Å². The molecule has 0 unspecified atom stereocenters. The van der Waals surface area contributed by atoms with Crippen molar-refractivity contribution in [2.24, 2.45) is 0 Å². The largest absolute Gasteiger partial charge is 0 e. The van der Waals surface area contributed by atoms with Crippen molar-refractivity contribution in [3.05, 3.63) is 19.8 Å². The first-order valence-corrected chi connectivity index (χ1v) is 4.75. The Morgan fingerprint density at radius 2 is 0.882 bits per heavy atom. The molecule has 17 heavy (non-hydrogen) atoms. The summed E-state index contributed by atoms with van der Waals surface area (Å²) in [5.41, 5.74) is 0. The third-order valence-corrected chi connectivity index (χ3v) is 1.75. The van der Waals surface area contributed by atoms with Gasteiger partial charge in [0.25, 0.3) is 0 Å². The number of hydrogen-bond donors (Lipinski definition) is 0. The van der Waals surface area contributed by atoms with E-state index < -0.39 is 0 Å². The zero-order valence-corrected chi connectivity index (χ0v) is 11.5. The Morgan fingerprint density at radius 1 is 0.706 bits per heavy atom. The average Bonchev–Trinajstić information content (AvgIpc) is 2.95. The summed E-state index contributed by atoms with van der Waals surface area (Å²) in [6.07, 6.45) is 7.50. The molecule has 0 N–H and O–H groups in total. The van der Waals surface area contributed by atoms with Crippen LogP contribution in [0, 0.1) is 19.8 Å². The number of rotatable bonds is 3. The van der Waals surface area contributed by atoms with Crippen molar-refractivity contribution in [3.8, 4) is 0 Å². The van der Waals surface area contributed by atoms with Crippen LogP contribution in [0.1, 0.15) is 32.1 Å². The molecule has 0 atom stereocenters. The van der Waals surface area contributed by atoms with Crippen LogP contribution in [0.2, 0.25) is 0 Å². The standard InChI is InChI=1S/C5H10.C4H9O3.2CO.Fe/c1-2-4-5-3-1;1-5-4(6-2)7-3;2*1-2;/h1-5H2;1-3H3;;;/q;-1;;;. The first kappa shape index (κ1) is 25.7. The van der Waals surface area contributed by atoms with Crippen LogP contribution in [0.4, 0.5) is 0 Å². The van der Waals surface area contributed by atoms with E-state index in [0.717, 1.165) is 0 Å². The van der Waals surface area contributed by atoms with Gasteiger partial charge >= 0.3 is 22.6 Å². The Labute approximate surface area is 114 Å². The molecule has 0 radical (unpaired) electrons. The minimum Gasteiger partial charge on any atom is 0 e. The van der Waals surface area contributed by atoms with E-state index in [1.807, 2.05) is 0 Å². The fourth-order valence-electron chi connectivity index (χ4n) is 1.13. The smallest absolute Gasteiger partial charge is 0 e. The Bertz CT molecular complexity index is 122. The van der Waals surface area contributed by atoms with Gasteiger partial charge in [0.15, 0.2) is 0 Å². The number of hydrogen-bond acceptors (Lipinski definition) is 3. The predicted octanol–water partition coefficient (Wildman–Crippen LogP) is 2.25. The minimum atomic E-state index is 0. The van der Waals surface area contributed by atoms with Gasteiger partial charge in [-0.1, -0.05) is 32.1 Å². The summed E-state index contributed by atoms with van der Waals surface area (Å²) in [5, 5.41) is 0. The molecule has 0 saturated heterocycles. The minimum absolute atomic E-state index is 0. The molecule has 0 aliphatic heterocycles. The first-order chi connectivity index (χ1) is 7.85. The summed E-state index contributed by atoms with van der Waals surface area (Å²) in [6, 6.07) is 0. The van der Waals surface area contributed by atoms with Gasteiger partial charge in [0.2, 0.25) is 0 Å². The average molecular weight is 287 g/mol. The molecule has 1 fully saturated rings. The topological polar surface area (TPSA) is 67.5 Å². The van der Waals surface area contributed by atoms with Gasteiger partial charge in [-0.05, 0) is 0 Å². The SMILES string of the molecule is C1CCCC1.CO[C-](OC)OC.[C-]#[O+].[C-]#[O+].[Fe]. The normalized spacial score (nSPS) is 11.5. The van der Waals surface area contributed by atoms with Crippen molar-refractivity contribution in [1.29, 1.82) is 0 Å². The molecule has 1 aliphatic rings. The summed E-state index contributed by atoms with van der Waals surface area (Å²) in [6.45, 7) is 9.18. The Kier molecular flexibility index (Phi) is 44.8. The van der Waals surface area contributed by atoms with Crippen molar-refractivity contribution in [2.75, 3.05) is 21.3 Å². The second-order valence-corrected chi connectivity index (χ2v) is 2.63.